The Morgan fingerprint density at radius 1 is 0.944 bits per heavy atom. The molecule has 0 radical (unpaired) electrons. The van der Waals surface area contributed by atoms with E-state index in [0.29, 0.717) is 6.04 Å². The fraction of sp³-hybridized carbons (Fsp3) is 1.00. The molecule has 6 heteroatoms. The Kier molecular flexibility index (Phi) is 4.64. The first-order valence-corrected chi connectivity index (χ1v) is 8.47. The predicted molar refractivity (Wildman–Crippen MR) is 70.5 cm³/mol. The van der Waals surface area contributed by atoms with Crippen molar-refractivity contribution in [2.24, 2.45) is 0 Å². The van der Waals surface area contributed by atoms with Gasteiger partial charge in [-0.1, -0.05) is 38.5 Å². The molecule has 3 N–H and O–H groups in total. The molecule has 2 rings (SSSR count). The Morgan fingerprint density at radius 3 is 2.06 bits per heavy atom. The van der Waals surface area contributed by atoms with E-state index in [1.807, 2.05) is 0 Å². The Balaban J connectivity index is 2.03. The minimum absolute atomic E-state index is 0.381. The predicted octanol–water partition coefficient (Wildman–Crippen LogP) is 1.96. The molecule has 0 aromatic rings. The smallest absolute Gasteiger partial charge is 0.296 e. The third kappa shape index (κ3) is 4.19. The average Bonchev–Trinajstić information content (AvgIpc) is 2.28. The highest BCUT2D eigenvalue weighted by atomic mass is 32.2. The SMILES string of the molecule is O=S(=O)(O)NC1(NC2CCCCC2)CCCCC1. The summed E-state index contributed by atoms with van der Waals surface area (Å²) < 4.78 is 33.8. The van der Waals surface area contributed by atoms with Crippen LogP contribution in [0.4, 0.5) is 0 Å². The van der Waals surface area contributed by atoms with Crippen LogP contribution < -0.4 is 10.0 Å². The second kappa shape index (κ2) is 5.86. The van der Waals surface area contributed by atoms with Crippen molar-refractivity contribution in [2.45, 2.75) is 75.9 Å². The van der Waals surface area contributed by atoms with Crippen molar-refractivity contribution in [3.8, 4) is 0 Å². The van der Waals surface area contributed by atoms with Crippen molar-refractivity contribution in [2.75, 3.05) is 0 Å². The molecule has 2 aliphatic rings. The standard InChI is InChI=1S/C12H24N2O3S/c15-18(16,17)14-12(9-5-2-6-10-12)13-11-7-3-1-4-8-11/h11,13-14H,1-10H2,(H,15,16,17). The molecule has 0 aliphatic heterocycles. The summed E-state index contributed by atoms with van der Waals surface area (Å²) in [6.07, 6.45) is 10.6. The minimum Gasteiger partial charge on any atom is -0.296 e. The molecule has 0 heterocycles. The van der Waals surface area contributed by atoms with Gasteiger partial charge in [0.25, 0.3) is 0 Å². The highest BCUT2D eigenvalue weighted by molar-refractivity contribution is 7.83. The highest BCUT2D eigenvalue weighted by Crippen LogP contribution is 2.29. The van der Waals surface area contributed by atoms with Gasteiger partial charge in [0.2, 0.25) is 0 Å². The maximum atomic E-state index is 11.2. The molecule has 0 bridgehead atoms. The van der Waals surface area contributed by atoms with Gasteiger partial charge in [0.05, 0.1) is 5.66 Å². The molecule has 0 spiro atoms. The van der Waals surface area contributed by atoms with Gasteiger partial charge < -0.3 is 0 Å². The molecule has 18 heavy (non-hydrogen) atoms. The van der Waals surface area contributed by atoms with Crippen molar-refractivity contribution < 1.29 is 13.0 Å². The first-order valence-electron chi connectivity index (χ1n) is 7.03. The molecule has 0 unspecified atom stereocenters. The molecule has 5 nitrogen and oxygen atoms in total. The molecule has 2 fully saturated rings. The molecule has 0 aromatic heterocycles. The molecule has 0 atom stereocenters. The topological polar surface area (TPSA) is 78.4 Å². The molecule has 0 amide bonds. The van der Waals surface area contributed by atoms with Crippen LogP contribution in [0.25, 0.3) is 0 Å². The van der Waals surface area contributed by atoms with Gasteiger partial charge in [-0.05, 0) is 25.7 Å². The average molecular weight is 276 g/mol. The Labute approximate surface area is 110 Å². The first kappa shape index (κ1) is 14.2. The van der Waals surface area contributed by atoms with Gasteiger partial charge in [0.15, 0.2) is 0 Å². The Bertz CT molecular complexity index is 358. The summed E-state index contributed by atoms with van der Waals surface area (Å²) in [5, 5.41) is 3.48. The van der Waals surface area contributed by atoms with Crippen molar-refractivity contribution in [1.29, 1.82) is 0 Å². The largest absolute Gasteiger partial charge is 0.334 e. The molecule has 106 valence electrons. The van der Waals surface area contributed by atoms with Gasteiger partial charge in [-0.25, -0.2) is 0 Å². The van der Waals surface area contributed by atoms with E-state index in [4.69, 9.17) is 4.55 Å². The molecule has 2 aliphatic carbocycles. The quantitative estimate of drug-likeness (QED) is 0.542. The zero-order valence-corrected chi connectivity index (χ0v) is 11.6. The van der Waals surface area contributed by atoms with E-state index in [0.717, 1.165) is 44.9 Å². The summed E-state index contributed by atoms with van der Waals surface area (Å²) >= 11 is 0. The molecule has 2 saturated carbocycles. The molecule has 0 saturated heterocycles. The van der Waals surface area contributed by atoms with Gasteiger partial charge in [0.1, 0.15) is 0 Å². The number of nitrogens with one attached hydrogen (secondary N) is 2. The lowest BCUT2D eigenvalue weighted by atomic mass is 9.87. The molecular weight excluding hydrogens is 252 g/mol. The fourth-order valence-corrected chi connectivity index (χ4v) is 4.07. The van der Waals surface area contributed by atoms with Crippen LogP contribution in [-0.4, -0.2) is 24.7 Å². The van der Waals surface area contributed by atoms with Crippen LogP contribution in [-0.2, 0) is 10.3 Å². The van der Waals surface area contributed by atoms with E-state index >= 15 is 0 Å². The maximum absolute atomic E-state index is 11.2. The highest BCUT2D eigenvalue weighted by Gasteiger charge is 2.37. The van der Waals surface area contributed by atoms with Gasteiger partial charge >= 0.3 is 10.3 Å². The van der Waals surface area contributed by atoms with E-state index in [2.05, 4.69) is 10.0 Å². The summed E-state index contributed by atoms with van der Waals surface area (Å²) in [4.78, 5) is 0. The zero-order chi connectivity index (χ0) is 13.1. The molecule has 0 aromatic carbocycles. The maximum Gasteiger partial charge on any atom is 0.334 e. The van der Waals surface area contributed by atoms with E-state index in [1.165, 1.54) is 19.3 Å². The Hall–Kier alpha value is -0.170. The summed E-state index contributed by atoms with van der Waals surface area (Å²) in [6, 6.07) is 0.381. The Morgan fingerprint density at radius 2 is 1.50 bits per heavy atom. The van der Waals surface area contributed by atoms with Crippen LogP contribution in [0.3, 0.4) is 0 Å². The minimum atomic E-state index is -4.15. The third-order valence-electron chi connectivity index (χ3n) is 4.12. The summed E-state index contributed by atoms with van der Waals surface area (Å²) in [5.74, 6) is 0. The second-order valence-corrected chi connectivity index (χ2v) is 6.85. The summed E-state index contributed by atoms with van der Waals surface area (Å²) in [7, 11) is -4.15. The van der Waals surface area contributed by atoms with E-state index in [1.54, 1.807) is 0 Å². The van der Waals surface area contributed by atoms with Crippen molar-refractivity contribution in [3.63, 3.8) is 0 Å². The normalized spacial score (nSPS) is 26.1. The number of hydrogen-bond donors (Lipinski definition) is 3. The van der Waals surface area contributed by atoms with Crippen molar-refractivity contribution >= 4 is 10.3 Å². The summed E-state index contributed by atoms with van der Waals surface area (Å²) in [6.45, 7) is 0. The van der Waals surface area contributed by atoms with Crippen LogP contribution >= 0.6 is 0 Å². The van der Waals surface area contributed by atoms with Crippen LogP contribution in [0.5, 0.6) is 0 Å². The van der Waals surface area contributed by atoms with E-state index in [-0.39, 0.29) is 0 Å². The number of rotatable bonds is 4. The van der Waals surface area contributed by atoms with Crippen LogP contribution in [0.15, 0.2) is 0 Å². The lowest BCUT2D eigenvalue weighted by Crippen LogP contribution is -2.62. The summed E-state index contributed by atoms with van der Waals surface area (Å²) in [5.41, 5.74) is -0.617. The van der Waals surface area contributed by atoms with Gasteiger partial charge in [-0.15, -0.1) is 0 Å². The lowest BCUT2D eigenvalue weighted by Gasteiger charge is -2.41. The van der Waals surface area contributed by atoms with Gasteiger partial charge in [-0.2, -0.15) is 13.1 Å². The number of hydrogen-bond acceptors (Lipinski definition) is 3. The van der Waals surface area contributed by atoms with E-state index in [9.17, 15) is 8.42 Å². The van der Waals surface area contributed by atoms with Crippen molar-refractivity contribution in [3.05, 3.63) is 0 Å². The fourth-order valence-electron chi connectivity index (χ4n) is 3.32. The van der Waals surface area contributed by atoms with Crippen LogP contribution in [0.2, 0.25) is 0 Å². The second-order valence-electron chi connectivity index (χ2n) is 5.70. The van der Waals surface area contributed by atoms with Crippen LogP contribution in [0.1, 0.15) is 64.2 Å². The van der Waals surface area contributed by atoms with Gasteiger partial charge in [-0.3, -0.25) is 9.87 Å². The lowest BCUT2D eigenvalue weighted by molar-refractivity contribution is 0.170. The van der Waals surface area contributed by atoms with Crippen LogP contribution in [0, 0.1) is 0 Å². The monoisotopic (exact) mass is 276 g/mol. The van der Waals surface area contributed by atoms with E-state index < -0.39 is 16.0 Å². The first-order chi connectivity index (χ1) is 8.49. The van der Waals surface area contributed by atoms with Crippen molar-refractivity contribution in [1.82, 2.24) is 10.0 Å². The molecular formula is C12H24N2O3S. The third-order valence-corrected chi connectivity index (χ3v) is 4.77. The van der Waals surface area contributed by atoms with Gasteiger partial charge in [0, 0.05) is 6.04 Å². The zero-order valence-electron chi connectivity index (χ0n) is 10.8.